The average molecular weight is 623 g/mol. The molecule has 0 saturated heterocycles. The molecule has 0 amide bonds. The summed E-state index contributed by atoms with van der Waals surface area (Å²) in [6.07, 6.45) is 3.37. The van der Waals surface area contributed by atoms with Crippen LogP contribution >= 0.6 is 0 Å². The van der Waals surface area contributed by atoms with Crippen LogP contribution in [0.2, 0.25) is 0 Å². The minimum absolute atomic E-state index is 0.000437. The summed E-state index contributed by atoms with van der Waals surface area (Å²) in [5.74, 6) is 5.41. The van der Waals surface area contributed by atoms with Crippen molar-refractivity contribution in [2.75, 3.05) is 55.6 Å². The van der Waals surface area contributed by atoms with Gasteiger partial charge in [0, 0.05) is 30.7 Å². The Morgan fingerprint density at radius 3 is 1.96 bits per heavy atom. The van der Waals surface area contributed by atoms with Gasteiger partial charge in [-0.15, -0.1) is 0 Å². The van der Waals surface area contributed by atoms with Gasteiger partial charge in [-0.3, -0.25) is 9.80 Å². The summed E-state index contributed by atoms with van der Waals surface area (Å²) in [5, 5.41) is 0. The van der Waals surface area contributed by atoms with Gasteiger partial charge in [0.05, 0.1) is 28.4 Å². The van der Waals surface area contributed by atoms with E-state index in [-0.39, 0.29) is 12.1 Å². The summed E-state index contributed by atoms with van der Waals surface area (Å²) in [7, 11) is 11.1. The van der Waals surface area contributed by atoms with Crippen LogP contribution in [0.3, 0.4) is 0 Å². The molecule has 0 N–H and O–H groups in total. The van der Waals surface area contributed by atoms with Gasteiger partial charge < -0.3 is 28.4 Å². The van der Waals surface area contributed by atoms with Crippen molar-refractivity contribution < 1.29 is 28.4 Å². The van der Waals surface area contributed by atoms with E-state index in [2.05, 4.69) is 66.4 Å². The number of hydrogen-bond donors (Lipinski definition) is 0. The second kappa shape index (κ2) is 12.4. The number of nitrogens with zero attached hydrogens (tertiary/aromatic N) is 2. The zero-order valence-corrected chi connectivity index (χ0v) is 27.5. The smallest absolute Gasteiger partial charge is 0.204 e. The summed E-state index contributed by atoms with van der Waals surface area (Å²) in [6, 6.07) is 21.2. The van der Waals surface area contributed by atoms with E-state index in [1.807, 2.05) is 18.2 Å². The first-order valence-corrected chi connectivity index (χ1v) is 15.9. The number of likely N-dealkylation sites (N-methyl/N-ethyl adjacent to an activating group) is 2. The lowest BCUT2D eigenvalue weighted by atomic mass is 9.87. The first-order valence-electron chi connectivity index (χ1n) is 15.9. The highest BCUT2D eigenvalue weighted by atomic mass is 16.5. The highest BCUT2D eigenvalue weighted by molar-refractivity contribution is 5.64. The number of ether oxygens (including phenoxy) is 6. The van der Waals surface area contributed by atoms with Crippen LogP contribution in [0.1, 0.15) is 45.5 Å². The lowest BCUT2D eigenvalue weighted by Crippen LogP contribution is -2.34. The van der Waals surface area contributed by atoms with Gasteiger partial charge in [-0.05, 0) is 110 Å². The van der Waals surface area contributed by atoms with Crippen LogP contribution in [-0.4, -0.2) is 65.4 Å². The SMILES string of the molecule is COc1ccc2cc1Oc1ccc(cc1)C[C@@H]1c3cc(c(OC)cc3CCN1C)Oc1c(OC)c(OC)cc3c1[C@H](C2)N(C)CC3. The molecule has 0 spiro atoms. The van der Waals surface area contributed by atoms with Gasteiger partial charge >= 0.3 is 0 Å². The number of fused-ring (bicyclic) bond motifs is 2. The minimum atomic E-state index is 0.000437. The quantitative estimate of drug-likeness (QED) is 0.238. The normalized spacial score (nSPS) is 19.2. The average Bonchev–Trinajstić information content (AvgIpc) is 3.07. The minimum Gasteiger partial charge on any atom is -0.493 e. The first kappa shape index (κ1) is 30.3. The van der Waals surface area contributed by atoms with Crippen LogP contribution in [0.4, 0.5) is 0 Å². The summed E-state index contributed by atoms with van der Waals surface area (Å²) < 4.78 is 37.1. The molecule has 4 aliphatic rings. The van der Waals surface area contributed by atoms with Gasteiger partial charge in [0.2, 0.25) is 5.75 Å². The van der Waals surface area contributed by atoms with E-state index >= 15 is 0 Å². The van der Waals surface area contributed by atoms with E-state index in [9.17, 15) is 0 Å². The highest BCUT2D eigenvalue weighted by Crippen LogP contribution is 2.52. The van der Waals surface area contributed by atoms with Crippen molar-refractivity contribution in [1.82, 2.24) is 9.80 Å². The molecule has 4 aliphatic heterocycles. The Hall–Kier alpha value is -4.40. The van der Waals surface area contributed by atoms with Crippen molar-refractivity contribution in [2.24, 2.45) is 0 Å². The van der Waals surface area contributed by atoms with Gasteiger partial charge in [0.25, 0.3) is 0 Å². The molecule has 0 aromatic heterocycles. The summed E-state index contributed by atoms with van der Waals surface area (Å²) in [4.78, 5) is 4.81. The van der Waals surface area contributed by atoms with Crippen LogP contribution in [0, 0.1) is 0 Å². The Balaban J connectivity index is 1.47. The fraction of sp³-hybridized carbons (Fsp3) is 0.368. The van der Waals surface area contributed by atoms with Crippen molar-refractivity contribution in [3.8, 4) is 46.0 Å². The van der Waals surface area contributed by atoms with Crippen molar-refractivity contribution in [1.29, 1.82) is 0 Å². The zero-order valence-electron chi connectivity index (χ0n) is 27.5. The topological polar surface area (TPSA) is 61.9 Å². The highest BCUT2D eigenvalue weighted by Gasteiger charge is 2.34. The molecule has 240 valence electrons. The Morgan fingerprint density at radius 2 is 1.24 bits per heavy atom. The van der Waals surface area contributed by atoms with Crippen molar-refractivity contribution >= 4 is 0 Å². The monoisotopic (exact) mass is 622 g/mol. The molecule has 4 heterocycles. The Labute approximate surface area is 271 Å². The fourth-order valence-corrected chi connectivity index (χ4v) is 7.28. The molecule has 4 aromatic rings. The maximum Gasteiger partial charge on any atom is 0.204 e. The second-order valence-corrected chi connectivity index (χ2v) is 12.5. The van der Waals surface area contributed by atoms with Gasteiger partial charge in [-0.1, -0.05) is 18.2 Å². The molecule has 46 heavy (non-hydrogen) atoms. The number of benzene rings is 4. The summed E-state index contributed by atoms with van der Waals surface area (Å²) in [5.41, 5.74) is 7.15. The molecular weight excluding hydrogens is 580 g/mol. The summed E-state index contributed by atoms with van der Waals surface area (Å²) >= 11 is 0. The molecule has 0 unspecified atom stereocenters. The standard InChI is InChI=1S/C38H42N2O6/c1-39-15-13-25-20-32(42-4)34-22-28(25)29(39)17-23-7-10-27(11-8-23)45-33-19-24(9-12-31(33)41-3)18-30-36-26(14-16-40(30)2)21-35(43-5)37(44-6)38(36)46-34/h7-12,19-22,29-30H,13-18H2,1-6H3/t29-,30+/m1/s1. The van der Waals surface area contributed by atoms with Crippen molar-refractivity contribution in [3.05, 3.63) is 94.0 Å². The molecule has 2 atom stereocenters. The van der Waals surface area contributed by atoms with Crippen molar-refractivity contribution in [3.63, 3.8) is 0 Å². The van der Waals surface area contributed by atoms with E-state index in [0.29, 0.717) is 40.2 Å². The predicted molar refractivity (Wildman–Crippen MR) is 178 cm³/mol. The maximum absolute atomic E-state index is 7.03. The van der Waals surface area contributed by atoms with Crippen LogP contribution in [0.5, 0.6) is 46.0 Å². The Bertz CT molecular complexity index is 1750. The fourth-order valence-electron chi connectivity index (χ4n) is 7.28. The first-order chi connectivity index (χ1) is 22.4. The van der Waals surface area contributed by atoms with Crippen LogP contribution in [0.25, 0.3) is 0 Å². The third-order valence-electron chi connectivity index (χ3n) is 9.85. The molecule has 0 radical (unpaired) electrons. The predicted octanol–water partition coefficient (Wildman–Crippen LogP) is 7.16. The van der Waals surface area contributed by atoms with Gasteiger partial charge in [-0.2, -0.15) is 0 Å². The van der Waals surface area contributed by atoms with Crippen LogP contribution < -0.4 is 28.4 Å². The lowest BCUT2D eigenvalue weighted by Gasteiger charge is -2.37. The number of methoxy groups -OCH3 is 4. The second-order valence-electron chi connectivity index (χ2n) is 12.5. The Kier molecular flexibility index (Phi) is 8.17. The molecule has 8 rings (SSSR count). The molecule has 0 fully saturated rings. The van der Waals surface area contributed by atoms with E-state index in [4.69, 9.17) is 28.4 Å². The summed E-state index contributed by atoms with van der Waals surface area (Å²) in [6.45, 7) is 1.86. The van der Waals surface area contributed by atoms with Gasteiger partial charge in [0.15, 0.2) is 34.5 Å². The largest absolute Gasteiger partial charge is 0.493 e. The zero-order chi connectivity index (χ0) is 31.9. The Morgan fingerprint density at radius 1 is 0.609 bits per heavy atom. The van der Waals surface area contributed by atoms with E-state index in [0.717, 1.165) is 55.6 Å². The lowest BCUT2D eigenvalue weighted by molar-refractivity contribution is 0.220. The van der Waals surface area contributed by atoms with E-state index in [1.165, 1.54) is 22.3 Å². The third kappa shape index (κ3) is 5.39. The number of hydrogen-bond acceptors (Lipinski definition) is 8. The van der Waals surface area contributed by atoms with Gasteiger partial charge in [0.1, 0.15) is 5.75 Å². The van der Waals surface area contributed by atoms with Gasteiger partial charge in [-0.25, -0.2) is 0 Å². The maximum atomic E-state index is 7.03. The molecule has 4 aromatic carbocycles. The third-order valence-corrected chi connectivity index (χ3v) is 9.85. The molecule has 8 nitrogen and oxygen atoms in total. The molecule has 0 aliphatic carbocycles. The van der Waals surface area contributed by atoms with Crippen LogP contribution in [0.15, 0.2) is 60.7 Å². The molecular formula is C38H42N2O6. The van der Waals surface area contributed by atoms with E-state index < -0.39 is 0 Å². The van der Waals surface area contributed by atoms with Crippen molar-refractivity contribution in [2.45, 2.75) is 37.8 Å². The van der Waals surface area contributed by atoms with E-state index in [1.54, 1.807) is 28.4 Å². The number of rotatable bonds is 4. The van der Waals surface area contributed by atoms with Crippen LogP contribution in [-0.2, 0) is 25.7 Å². The molecule has 0 saturated carbocycles. The molecule has 8 heteroatoms. The molecule has 6 bridgehead atoms.